The van der Waals surface area contributed by atoms with E-state index in [2.05, 4.69) is 11.2 Å². The van der Waals surface area contributed by atoms with E-state index in [0.717, 1.165) is 37.6 Å². The van der Waals surface area contributed by atoms with Gasteiger partial charge in [0.25, 0.3) is 0 Å². The molecule has 4 aliphatic carbocycles. The highest BCUT2D eigenvalue weighted by atomic mass is 16.1. The van der Waals surface area contributed by atoms with Crippen LogP contribution in [-0.2, 0) is 4.79 Å². The second-order valence-electron chi connectivity index (χ2n) is 6.91. The first-order valence-electron chi connectivity index (χ1n) is 7.99. The van der Waals surface area contributed by atoms with Crippen molar-refractivity contribution >= 4 is 5.91 Å². The molecule has 0 spiro atoms. The second-order valence-corrected chi connectivity index (χ2v) is 6.91. The fraction of sp³-hybridized carbons (Fsp3) is 0.824. The number of rotatable bonds is 5. The molecule has 104 valence electrons. The van der Waals surface area contributed by atoms with Crippen LogP contribution < -0.4 is 5.32 Å². The number of carbonyl (C=O) groups is 1. The monoisotopic (exact) mass is 259 g/mol. The predicted molar refractivity (Wildman–Crippen MR) is 76.2 cm³/mol. The predicted octanol–water partition coefficient (Wildman–Crippen LogP) is 2.98. The molecule has 4 fully saturated rings. The molecule has 1 amide bonds. The van der Waals surface area contributed by atoms with Crippen molar-refractivity contribution in [1.29, 1.82) is 0 Å². The summed E-state index contributed by atoms with van der Waals surface area (Å²) in [4.78, 5) is 12.4. The molecule has 0 aromatic carbocycles. The van der Waals surface area contributed by atoms with E-state index in [4.69, 9.17) is 6.42 Å². The van der Waals surface area contributed by atoms with Crippen molar-refractivity contribution in [3.8, 4) is 12.3 Å². The van der Waals surface area contributed by atoms with Gasteiger partial charge in [0.15, 0.2) is 0 Å². The van der Waals surface area contributed by atoms with Crippen LogP contribution in [0.15, 0.2) is 0 Å². The van der Waals surface area contributed by atoms with E-state index in [-0.39, 0.29) is 0 Å². The Labute approximate surface area is 116 Å². The van der Waals surface area contributed by atoms with Crippen molar-refractivity contribution in [1.82, 2.24) is 5.32 Å². The molecule has 0 aromatic rings. The fourth-order valence-electron chi connectivity index (χ4n) is 5.03. The number of unbranched alkanes of at least 4 members (excludes halogenated alkanes) is 2. The van der Waals surface area contributed by atoms with Gasteiger partial charge in [-0.25, -0.2) is 0 Å². The third-order valence-corrected chi connectivity index (χ3v) is 5.58. The lowest BCUT2D eigenvalue weighted by Gasteiger charge is -2.53. The molecule has 2 nitrogen and oxygen atoms in total. The lowest BCUT2D eigenvalue weighted by Crippen LogP contribution is -2.51. The Morgan fingerprint density at radius 2 is 1.68 bits per heavy atom. The molecular weight excluding hydrogens is 234 g/mol. The number of amides is 1. The van der Waals surface area contributed by atoms with Crippen LogP contribution in [0.2, 0.25) is 0 Å². The van der Waals surface area contributed by atoms with Crippen LogP contribution in [0.4, 0.5) is 0 Å². The topological polar surface area (TPSA) is 29.1 Å². The van der Waals surface area contributed by atoms with E-state index < -0.39 is 0 Å². The molecule has 1 N–H and O–H groups in total. The summed E-state index contributed by atoms with van der Waals surface area (Å²) in [6.07, 6.45) is 14.8. The van der Waals surface area contributed by atoms with Crippen molar-refractivity contribution in [2.75, 3.05) is 6.54 Å². The van der Waals surface area contributed by atoms with Crippen molar-refractivity contribution in [2.45, 2.75) is 51.4 Å². The zero-order valence-corrected chi connectivity index (χ0v) is 11.7. The summed E-state index contributed by atoms with van der Waals surface area (Å²) < 4.78 is 0. The van der Waals surface area contributed by atoms with Crippen LogP contribution in [0.5, 0.6) is 0 Å². The van der Waals surface area contributed by atoms with Gasteiger partial charge in [0.05, 0.1) is 0 Å². The zero-order chi connectivity index (χ0) is 13.2. The average molecular weight is 259 g/mol. The fourth-order valence-corrected chi connectivity index (χ4v) is 5.03. The van der Waals surface area contributed by atoms with Crippen LogP contribution in [0.1, 0.15) is 51.4 Å². The van der Waals surface area contributed by atoms with Gasteiger partial charge >= 0.3 is 0 Å². The minimum Gasteiger partial charge on any atom is -0.356 e. The molecule has 0 unspecified atom stereocenters. The first-order chi connectivity index (χ1) is 9.28. The highest BCUT2D eigenvalue weighted by Crippen LogP contribution is 2.56. The first kappa shape index (κ1) is 13.0. The van der Waals surface area contributed by atoms with Gasteiger partial charge in [-0.15, -0.1) is 12.3 Å². The number of terminal acetylenes is 1. The average Bonchev–Trinajstić information content (AvgIpc) is 2.37. The van der Waals surface area contributed by atoms with Crippen LogP contribution in [-0.4, -0.2) is 12.5 Å². The third-order valence-electron chi connectivity index (χ3n) is 5.58. The minimum absolute atomic E-state index is 0.334. The molecule has 0 aliphatic heterocycles. The Morgan fingerprint density at radius 3 is 2.26 bits per heavy atom. The number of carbonyl (C=O) groups excluding carboxylic acids is 1. The van der Waals surface area contributed by atoms with Crippen molar-refractivity contribution < 1.29 is 4.79 Å². The normalized spacial score (nSPS) is 39.0. The zero-order valence-electron chi connectivity index (χ0n) is 11.7. The van der Waals surface area contributed by atoms with Gasteiger partial charge in [0.1, 0.15) is 0 Å². The highest BCUT2D eigenvalue weighted by molar-refractivity contribution is 5.79. The van der Waals surface area contributed by atoms with Gasteiger partial charge in [-0.05, 0) is 68.6 Å². The maximum Gasteiger partial charge on any atom is 0.223 e. The van der Waals surface area contributed by atoms with Gasteiger partial charge < -0.3 is 5.32 Å². The lowest BCUT2D eigenvalue weighted by atomic mass is 9.51. The first-order valence-corrected chi connectivity index (χ1v) is 7.99. The molecule has 4 bridgehead atoms. The van der Waals surface area contributed by atoms with Gasteiger partial charge in [-0.1, -0.05) is 0 Å². The summed E-state index contributed by atoms with van der Waals surface area (Å²) in [6.45, 7) is 0.809. The summed E-state index contributed by atoms with van der Waals surface area (Å²) in [7, 11) is 0. The lowest BCUT2D eigenvalue weighted by molar-refractivity contribution is -0.138. The van der Waals surface area contributed by atoms with Crippen molar-refractivity contribution in [2.24, 2.45) is 29.6 Å². The molecule has 4 rings (SSSR count). The van der Waals surface area contributed by atoms with Crippen LogP contribution in [0.25, 0.3) is 0 Å². The quantitative estimate of drug-likeness (QED) is 0.597. The molecule has 2 heteroatoms. The van der Waals surface area contributed by atoms with E-state index in [1.165, 1.54) is 32.1 Å². The number of nitrogens with one attached hydrogen (secondary N) is 1. The van der Waals surface area contributed by atoms with Crippen LogP contribution in [0, 0.1) is 41.9 Å². The summed E-state index contributed by atoms with van der Waals surface area (Å²) in [5, 5.41) is 3.16. The smallest absolute Gasteiger partial charge is 0.223 e. The number of hydrogen-bond donors (Lipinski definition) is 1. The largest absolute Gasteiger partial charge is 0.356 e. The van der Waals surface area contributed by atoms with Crippen LogP contribution >= 0.6 is 0 Å². The van der Waals surface area contributed by atoms with Gasteiger partial charge in [0.2, 0.25) is 5.91 Å². The molecule has 19 heavy (non-hydrogen) atoms. The summed E-state index contributed by atoms with van der Waals surface area (Å²) in [5.74, 6) is 6.61. The second kappa shape index (κ2) is 5.57. The van der Waals surface area contributed by atoms with E-state index in [1.54, 1.807) is 0 Å². The Balaban J connectivity index is 1.49. The summed E-state index contributed by atoms with van der Waals surface area (Å²) in [5.41, 5.74) is 0. The Hall–Kier alpha value is -0.970. The molecular formula is C17H25NO. The summed E-state index contributed by atoms with van der Waals surface area (Å²) >= 11 is 0. The SMILES string of the molecule is C#CCCCCNC(=O)C1C2CC3CC(C2)CC1C3. The Bertz CT molecular complexity index is 353. The minimum atomic E-state index is 0.334. The third kappa shape index (κ3) is 2.66. The maximum absolute atomic E-state index is 12.4. The Morgan fingerprint density at radius 1 is 1.05 bits per heavy atom. The maximum atomic E-state index is 12.4. The van der Waals surface area contributed by atoms with Crippen molar-refractivity contribution in [3.05, 3.63) is 0 Å². The van der Waals surface area contributed by atoms with Gasteiger partial charge in [0, 0.05) is 18.9 Å². The molecule has 4 aliphatic rings. The van der Waals surface area contributed by atoms with Gasteiger partial charge in [-0.3, -0.25) is 4.79 Å². The number of hydrogen-bond acceptors (Lipinski definition) is 1. The van der Waals surface area contributed by atoms with E-state index >= 15 is 0 Å². The summed E-state index contributed by atoms with van der Waals surface area (Å²) in [6, 6.07) is 0. The highest BCUT2D eigenvalue weighted by Gasteiger charge is 2.50. The molecule has 0 atom stereocenters. The molecule has 0 heterocycles. The van der Waals surface area contributed by atoms with E-state index in [9.17, 15) is 4.79 Å². The molecule has 0 aromatic heterocycles. The van der Waals surface area contributed by atoms with Crippen LogP contribution in [0.3, 0.4) is 0 Å². The standard InChI is InChI=1S/C17H25NO/c1-2-3-4-5-6-18-17(19)16-14-8-12-7-13(10-14)11-15(16)9-12/h1,12-16H,3-11H2,(H,18,19). The van der Waals surface area contributed by atoms with Gasteiger partial charge in [-0.2, -0.15) is 0 Å². The molecule has 0 saturated heterocycles. The molecule has 4 saturated carbocycles. The Kier molecular flexibility index (Phi) is 3.82. The van der Waals surface area contributed by atoms with E-state index in [1.807, 2.05) is 0 Å². The van der Waals surface area contributed by atoms with Crippen molar-refractivity contribution in [3.63, 3.8) is 0 Å². The molecule has 0 radical (unpaired) electrons. The van der Waals surface area contributed by atoms with E-state index in [0.29, 0.717) is 23.7 Å².